The maximum Gasteiger partial charge on any atom is 0.410 e. The van der Waals surface area contributed by atoms with Gasteiger partial charge < -0.3 is 29.9 Å². The number of para-hydroxylation sites is 1. The molecule has 6 rings (SSSR count). The van der Waals surface area contributed by atoms with E-state index in [0.29, 0.717) is 24.3 Å². The summed E-state index contributed by atoms with van der Waals surface area (Å²) in [6.07, 6.45) is 4.55. The van der Waals surface area contributed by atoms with Crippen LogP contribution in [0.25, 0.3) is 16.8 Å². The normalized spacial score (nSPS) is 18.8. The van der Waals surface area contributed by atoms with Crippen LogP contribution in [-0.4, -0.2) is 82.2 Å². The summed E-state index contributed by atoms with van der Waals surface area (Å²) in [7, 11) is 0. The Hall–Kier alpha value is -4.34. The van der Waals surface area contributed by atoms with Crippen LogP contribution < -0.4 is 15.1 Å². The quantitative estimate of drug-likeness (QED) is 0.499. The number of aromatic nitrogens is 3. The number of pyridine rings is 1. The summed E-state index contributed by atoms with van der Waals surface area (Å²) >= 11 is 0. The van der Waals surface area contributed by atoms with Gasteiger partial charge in [0.2, 0.25) is 0 Å². The summed E-state index contributed by atoms with van der Waals surface area (Å²) in [5.41, 5.74) is 4.15. The molecule has 3 aromatic rings. The van der Waals surface area contributed by atoms with Crippen molar-refractivity contribution < 1.29 is 14.6 Å². The standard InChI is InChI=1S/C30H35N7O3/c1-30(2,3)40-29(39)35-12-10-20(11-13-35)21-8-9-27(31-17-21)36-14-15-37-22(19-36)18-32-28-25(37)16-24(33-34-28)23-6-4-5-7-26(23)38/h4-10,16-17,22,38H,11-15,18-19H2,1-3H3,(H,32,34)/t22-/m0/s1. The zero-order chi connectivity index (χ0) is 27.9. The zero-order valence-corrected chi connectivity index (χ0v) is 23.2. The second-order valence-corrected chi connectivity index (χ2v) is 11.5. The predicted octanol–water partition coefficient (Wildman–Crippen LogP) is 4.39. The van der Waals surface area contributed by atoms with Crippen molar-refractivity contribution in [1.82, 2.24) is 20.1 Å². The van der Waals surface area contributed by atoms with Gasteiger partial charge in [0.15, 0.2) is 5.82 Å². The van der Waals surface area contributed by atoms with Gasteiger partial charge in [-0.3, -0.25) is 0 Å². The summed E-state index contributed by atoms with van der Waals surface area (Å²) in [6, 6.07) is 13.7. The molecule has 208 valence electrons. The van der Waals surface area contributed by atoms with Crippen molar-refractivity contribution in [2.75, 3.05) is 54.4 Å². The number of hydrogen-bond acceptors (Lipinski definition) is 9. The van der Waals surface area contributed by atoms with E-state index in [-0.39, 0.29) is 17.9 Å². The molecule has 0 aliphatic carbocycles. The molecule has 3 aliphatic rings. The van der Waals surface area contributed by atoms with Gasteiger partial charge in [0.05, 0.1) is 17.4 Å². The van der Waals surface area contributed by atoms with E-state index in [1.807, 2.05) is 45.2 Å². The zero-order valence-electron chi connectivity index (χ0n) is 23.2. The van der Waals surface area contributed by atoms with Gasteiger partial charge in [-0.25, -0.2) is 9.78 Å². The number of benzene rings is 1. The number of nitrogens with zero attached hydrogens (tertiary/aromatic N) is 6. The number of ether oxygens (including phenoxy) is 1. The highest BCUT2D eigenvalue weighted by Crippen LogP contribution is 2.36. The molecule has 3 aliphatic heterocycles. The molecule has 0 bridgehead atoms. The molecular weight excluding hydrogens is 506 g/mol. The van der Waals surface area contributed by atoms with Gasteiger partial charge in [0.25, 0.3) is 0 Å². The first kappa shape index (κ1) is 25.9. The van der Waals surface area contributed by atoms with E-state index in [0.717, 1.165) is 55.5 Å². The van der Waals surface area contributed by atoms with E-state index >= 15 is 0 Å². The Morgan fingerprint density at radius 1 is 1.10 bits per heavy atom. The minimum absolute atomic E-state index is 0.195. The Bertz CT molecular complexity index is 1430. The number of nitrogens with one attached hydrogen (secondary N) is 1. The van der Waals surface area contributed by atoms with Crippen molar-refractivity contribution in [3.05, 3.63) is 60.3 Å². The van der Waals surface area contributed by atoms with E-state index in [4.69, 9.17) is 9.72 Å². The molecule has 10 nitrogen and oxygen atoms in total. The minimum Gasteiger partial charge on any atom is -0.507 e. The van der Waals surface area contributed by atoms with E-state index < -0.39 is 5.60 Å². The largest absolute Gasteiger partial charge is 0.507 e. The Labute approximate surface area is 234 Å². The van der Waals surface area contributed by atoms with E-state index in [2.05, 4.69) is 43.5 Å². The number of carbonyl (C=O) groups is 1. The molecule has 40 heavy (non-hydrogen) atoms. The number of rotatable bonds is 3. The lowest BCUT2D eigenvalue weighted by Gasteiger charge is -2.46. The van der Waals surface area contributed by atoms with Crippen molar-refractivity contribution in [1.29, 1.82) is 0 Å². The van der Waals surface area contributed by atoms with E-state index in [1.54, 1.807) is 17.0 Å². The molecule has 1 fully saturated rings. The number of phenolic OH excluding ortho intramolecular Hbond substituents is 1. The van der Waals surface area contributed by atoms with Gasteiger partial charge >= 0.3 is 6.09 Å². The van der Waals surface area contributed by atoms with Crippen molar-refractivity contribution in [3.63, 3.8) is 0 Å². The smallest absolute Gasteiger partial charge is 0.410 e. The average Bonchev–Trinajstić information content (AvgIpc) is 2.96. The van der Waals surface area contributed by atoms with E-state index in [1.165, 1.54) is 5.57 Å². The summed E-state index contributed by atoms with van der Waals surface area (Å²) in [5, 5.41) is 22.5. The Balaban J connectivity index is 1.11. The maximum atomic E-state index is 12.4. The third-order valence-electron chi connectivity index (χ3n) is 7.55. The highest BCUT2D eigenvalue weighted by molar-refractivity contribution is 5.77. The number of amides is 1. The molecule has 2 N–H and O–H groups in total. The molecule has 2 aromatic heterocycles. The Kier molecular flexibility index (Phi) is 6.69. The number of hydrogen-bond donors (Lipinski definition) is 2. The van der Waals surface area contributed by atoms with Crippen LogP contribution in [0.4, 0.5) is 22.1 Å². The van der Waals surface area contributed by atoms with Crippen molar-refractivity contribution >= 4 is 29.0 Å². The van der Waals surface area contributed by atoms with Crippen LogP contribution in [0, 0.1) is 0 Å². The summed E-state index contributed by atoms with van der Waals surface area (Å²) < 4.78 is 5.50. The molecule has 0 unspecified atom stereocenters. The van der Waals surface area contributed by atoms with Crippen LogP contribution in [0.2, 0.25) is 0 Å². The fourth-order valence-electron chi connectivity index (χ4n) is 5.50. The van der Waals surface area contributed by atoms with Crippen molar-refractivity contribution in [2.45, 2.75) is 38.8 Å². The summed E-state index contributed by atoms with van der Waals surface area (Å²) in [5.74, 6) is 1.93. The van der Waals surface area contributed by atoms with E-state index in [9.17, 15) is 9.90 Å². The summed E-state index contributed by atoms with van der Waals surface area (Å²) in [4.78, 5) is 23.6. The lowest BCUT2D eigenvalue weighted by atomic mass is 10.0. The van der Waals surface area contributed by atoms with Crippen molar-refractivity contribution in [3.8, 4) is 17.0 Å². The highest BCUT2D eigenvalue weighted by atomic mass is 16.6. The minimum atomic E-state index is -0.493. The average molecular weight is 542 g/mol. The van der Waals surface area contributed by atoms with Gasteiger partial charge in [0, 0.05) is 51.0 Å². The van der Waals surface area contributed by atoms with Crippen LogP contribution in [0.15, 0.2) is 54.7 Å². The first-order chi connectivity index (χ1) is 19.2. The molecule has 0 saturated carbocycles. The first-order valence-electron chi connectivity index (χ1n) is 13.8. The van der Waals surface area contributed by atoms with Gasteiger partial charge in [-0.05, 0) is 68.7 Å². The Morgan fingerprint density at radius 2 is 1.95 bits per heavy atom. The fourth-order valence-corrected chi connectivity index (χ4v) is 5.50. The topological polar surface area (TPSA) is 107 Å². The third kappa shape index (κ3) is 5.25. The second-order valence-electron chi connectivity index (χ2n) is 11.5. The lowest BCUT2D eigenvalue weighted by Crippen LogP contribution is -2.58. The van der Waals surface area contributed by atoms with Gasteiger partial charge in [-0.1, -0.05) is 18.2 Å². The molecule has 1 atom stereocenters. The first-order valence-corrected chi connectivity index (χ1v) is 13.8. The van der Waals surface area contributed by atoms with Gasteiger partial charge in [-0.15, -0.1) is 10.2 Å². The summed E-state index contributed by atoms with van der Waals surface area (Å²) in [6.45, 7) is 10.1. The lowest BCUT2D eigenvalue weighted by molar-refractivity contribution is 0.0270. The molecule has 1 saturated heterocycles. The third-order valence-corrected chi connectivity index (χ3v) is 7.55. The molecule has 5 heterocycles. The number of piperazine rings is 1. The van der Waals surface area contributed by atoms with Crippen LogP contribution in [0.3, 0.4) is 0 Å². The molecule has 0 radical (unpaired) electrons. The van der Waals surface area contributed by atoms with Crippen LogP contribution >= 0.6 is 0 Å². The number of anilines is 3. The predicted molar refractivity (Wildman–Crippen MR) is 156 cm³/mol. The van der Waals surface area contributed by atoms with Crippen molar-refractivity contribution in [2.24, 2.45) is 0 Å². The molecule has 10 heteroatoms. The monoisotopic (exact) mass is 541 g/mol. The molecule has 1 aromatic carbocycles. The second kappa shape index (κ2) is 10.3. The number of fused-ring (bicyclic) bond motifs is 3. The fraction of sp³-hybridized carbons (Fsp3) is 0.400. The Morgan fingerprint density at radius 3 is 2.67 bits per heavy atom. The number of aromatic hydroxyl groups is 1. The number of phenols is 1. The SMILES string of the molecule is CC(C)(C)OC(=O)N1CC=C(c2ccc(N3CCN4c5cc(-c6ccccc6O)nnc5NC[C@H]4C3)nc2)CC1. The molecule has 0 spiro atoms. The van der Waals surface area contributed by atoms with Gasteiger partial charge in [-0.2, -0.15) is 0 Å². The van der Waals surface area contributed by atoms with Crippen LogP contribution in [0.1, 0.15) is 32.8 Å². The van der Waals surface area contributed by atoms with Gasteiger partial charge in [0.1, 0.15) is 17.2 Å². The van der Waals surface area contributed by atoms with Crippen LogP contribution in [-0.2, 0) is 4.74 Å². The molecule has 1 amide bonds. The van der Waals surface area contributed by atoms with Crippen LogP contribution in [0.5, 0.6) is 5.75 Å². The maximum absolute atomic E-state index is 12.4. The molecular formula is C30H35N7O3. The number of carbonyl (C=O) groups excluding carboxylic acids is 1. The highest BCUT2D eigenvalue weighted by Gasteiger charge is 2.33.